The van der Waals surface area contributed by atoms with Crippen molar-refractivity contribution >= 4 is 22.6 Å². The standard InChI is InChI=1S/C31H32F3N5O2/c32-31(33,34)24-2-1-3-26(18-24)41-25-8-4-21(5-9-25)19-39-27-17-23(29(36)37)7-6-22(27)16-28(39)30(40)38-14-11-20(10-13-35)12-15-38/h1-9,16-18,20H,10-15,19,35H2,(H3,36,37). The first-order chi connectivity index (χ1) is 19.6. The fourth-order valence-electron chi connectivity index (χ4n) is 5.31. The van der Waals surface area contributed by atoms with Crippen LogP contribution in [0.5, 0.6) is 11.5 Å². The van der Waals surface area contributed by atoms with Crippen LogP contribution in [0.1, 0.15) is 46.4 Å². The van der Waals surface area contributed by atoms with Gasteiger partial charge in [0, 0.05) is 36.1 Å². The number of nitrogens with one attached hydrogen (secondary N) is 1. The van der Waals surface area contributed by atoms with Crippen LogP contribution in [0.25, 0.3) is 10.9 Å². The molecule has 3 aromatic carbocycles. The molecular weight excluding hydrogens is 531 g/mol. The maximum absolute atomic E-state index is 13.7. The summed E-state index contributed by atoms with van der Waals surface area (Å²) in [4.78, 5) is 15.6. The van der Waals surface area contributed by atoms with Crippen LogP contribution < -0.4 is 16.2 Å². The summed E-state index contributed by atoms with van der Waals surface area (Å²) >= 11 is 0. The first-order valence-electron chi connectivity index (χ1n) is 13.5. The second-order valence-electron chi connectivity index (χ2n) is 10.4. The highest BCUT2D eigenvalue weighted by atomic mass is 19.4. The van der Waals surface area contributed by atoms with Crippen LogP contribution in [0, 0.1) is 11.3 Å². The molecule has 0 aliphatic carbocycles. The number of halogens is 3. The summed E-state index contributed by atoms with van der Waals surface area (Å²) in [5.74, 6) is 0.890. The maximum atomic E-state index is 13.7. The Labute approximate surface area is 236 Å². The van der Waals surface area contributed by atoms with E-state index in [0.717, 1.165) is 47.9 Å². The third kappa shape index (κ3) is 6.38. The smallest absolute Gasteiger partial charge is 0.416 e. The summed E-state index contributed by atoms with van der Waals surface area (Å²) in [6.07, 6.45) is -1.65. The van der Waals surface area contributed by atoms with Gasteiger partial charge in [-0.25, -0.2) is 0 Å². The van der Waals surface area contributed by atoms with Crippen LogP contribution in [0.3, 0.4) is 0 Å². The van der Waals surface area contributed by atoms with Crippen molar-refractivity contribution in [1.82, 2.24) is 9.47 Å². The van der Waals surface area contributed by atoms with Gasteiger partial charge in [0.05, 0.1) is 5.56 Å². The van der Waals surface area contributed by atoms with Crippen LogP contribution in [0.4, 0.5) is 13.2 Å². The first kappa shape index (κ1) is 28.2. The third-order valence-electron chi connectivity index (χ3n) is 7.57. The molecule has 1 aliphatic rings. The Bertz CT molecular complexity index is 1550. The Morgan fingerprint density at radius 1 is 0.976 bits per heavy atom. The number of carbonyl (C=O) groups excluding carboxylic acids is 1. The zero-order chi connectivity index (χ0) is 29.1. The highest BCUT2D eigenvalue weighted by Gasteiger charge is 2.31. The van der Waals surface area contributed by atoms with Crippen LogP contribution in [-0.4, -0.2) is 40.8 Å². The van der Waals surface area contributed by atoms with Crippen molar-refractivity contribution in [3.05, 3.63) is 95.2 Å². The quantitative estimate of drug-likeness (QED) is 0.181. The number of amides is 1. The zero-order valence-electron chi connectivity index (χ0n) is 22.5. The van der Waals surface area contributed by atoms with E-state index in [9.17, 15) is 18.0 Å². The Morgan fingerprint density at radius 2 is 1.71 bits per heavy atom. The Balaban J connectivity index is 1.41. The summed E-state index contributed by atoms with van der Waals surface area (Å²) in [5, 5.41) is 8.74. The van der Waals surface area contributed by atoms with E-state index >= 15 is 0 Å². The van der Waals surface area contributed by atoms with Crippen molar-refractivity contribution in [2.75, 3.05) is 19.6 Å². The van der Waals surface area contributed by atoms with Gasteiger partial charge in [-0.1, -0.05) is 30.3 Å². The first-order valence-corrected chi connectivity index (χ1v) is 13.5. The Morgan fingerprint density at radius 3 is 2.37 bits per heavy atom. The molecule has 1 aromatic heterocycles. The SMILES string of the molecule is N=C(N)c1ccc2cc(C(=O)N3CCC(CCN)CC3)n(Cc3ccc(Oc4cccc(C(F)(F)F)c4)cc3)c2c1. The minimum atomic E-state index is -4.46. The van der Waals surface area contributed by atoms with Gasteiger partial charge in [-0.3, -0.25) is 10.2 Å². The molecule has 5 N–H and O–H groups in total. The number of nitrogens with zero attached hydrogens (tertiary/aromatic N) is 2. The van der Waals surface area contributed by atoms with Crippen molar-refractivity contribution in [1.29, 1.82) is 5.41 Å². The zero-order valence-corrected chi connectivity index (χ0v) is 22.5. The van der Waals surface area contributed by atoms with Gasteiger partial charge in [-0.15, -0.1) is 0 Å². The number of alkyl halides is 3. The molecule has 1 amide bonds. The number of likely N-dealkylation sites (tertiary alicyclic amines) is 1. The molecule has 10 heteroatoms. The number of ether oxygens (including phenoxy) is 1. The number of benzene rings is 3. The number of piperidine rings is 1. The van der Waals surface area contributed by atoms with Crippen molar-refractivity contribution in [3.63, 3.8) is 0 Å². The van der Waals surface area contributed by atoms with E-state index in [1.807, 2.05) is 39.8 Å². The minimum absolute atomic E-state index is 0.0544. The number of amidine groups is 1. The summed E-state index contributed by atoms with van der Waals surface area (Å²) in [6.45, 7) is 2.35. The van der Waals surface area contributed by atoms with Gasteiger partial charge >= 0.3 is 6.18 Å². The van der Waals surface area contributed by atoms with Crippen molar-refractivity contribution in [3.8, 4) is 11.5 Å². The predicted molar refractivity (Wildman–Crippen MR) is 152 cm³/mol. The molecule has 0 unspecified atom stereocenters. The van der Waals surface area contributed by atoms with E-state index in [2.05, 4.69) is 0 Å². The highest BCUT2D eigenvalue weighted by molar-refractivity contribution is 6.02. The van der Waals surface area contributed by atoms with Crippen molar-refractivity contribution < 1.29 is 22.7 Å². The van der Waals surface area contributed by atoms with Gasteiger partial charge in [0.15, 0.2) is 0 Å². The molecule has 1 aliphatic heterocycles. The van der Waals surface area contributed by atoms with E-state index in [0.29, 0.717) is 49.1 Å². The molecule has 4 aromatic rings. The normalized spacial score (nSPS) is 14.4. The van der Waals surface area contributed by atoms with Crippen LogP contribution in [-0.2, 0) is 12.7 Å². The van der Waals surface area contributed by atoms with Crippen LogP contribution in [0.2, 0.25) is 0 Å². The van der Waals surface area contributed by atoms with Crippen LogP contribution in [0.15, 0.2) is 72.8 Å². The molecule has 2 heterocycles. The lowest BCUT2D eigenvalue weighted by molar-refractivity contribution is -0.137. The lowest BCUT2D eigenvalue weighted by atomic mass is 9.93. The fraction of sp³-hybridized carbons (Fsp3) is 0.290. The number of hydrogen-bond donors (Lipinski definition) is 3. The predicted octanol–water partition coefficient (Wildman–Crippen LogP) is 5.99. The monoisotopic (exact) mass is 563 g/mol. The molecule has 0 spiro atoms. The van der Waals surface area contributed by atoms with Crippen molar-refractivity contribution in [2.24, 2.45) is 17.4 Å². The van der Waals surface area contributed by atoms with Gasteiger partial charge in [-0.05, 0) is 79.8 Å². The van der Waals surface area contributed by atoms with Gasteiger partial charge in [-0.2, -0.15) is 13.2 Å². The van der Waals surface area contributed by atoms with E-state index in [1.165, 1.54) is 12.1 Å². The van der Waals surface area contributed by atoms with E-state index in [1.54, 1.807) is 18.2 Å². The maximum Gasteiger partial charge on any atom is 0.416 e. The second kappa shape index (κ2) is 11.7. The fourth-order valence-corrected chi connectivity index (χ4v) is 5.31. The van der Waals surface area contributed by atoms with E-state index < -0.39 is 11.7 Å². The van der Waals surface area contributed by atoms with Gasteiger partial charge in [0.25, 0.3) is 5.91 Å². The van der Waals surface area contributed by atoms with E-state index in [-0.39, 0.29) is 17.5 Å². The topological polar surface area (TPSA) is 110 Å². The summed E-state index contributed by atoms with van der Waals surface area (Å²) in [5.41, 5.74) is 13.4. The second-order valence-corrected chi connectivity index (χ2v) is 10.4. The Kier molecular flexibility index (Phi) is 8.03. The number of aromatic nitrogens is 1. The van der Waals surface area contributed by atoms with Crippen LogP contribution >= 0.6 is 0 Å². The number of fused-ring (bicyclic) bond motifs is 1. The number of carbonyl (C=O) groups is 1. The summed E-state index contributed by atoms with van der Waals surface area (Å²) in [6, 6.07) is 19.0. The molecule has 0 radical (unpaired) electrons. The number of rotatable bonds is 8. The molecular formula is C31H32F3N5O2. The van der Waals surface area contributed by atoms with E-state index in [4.69, 9.17) is 21.6 Å². The molecule has 214 valence electrons. The average Bonchev–Trinajstić information content (AvgIpc) is 3.31. The lowest BCUT2D eigenvalue weighted by Gasteiger charge is -2.32. The van der Waals surface area contributed by atoms with Gasteiger partial charge < -0.3 is 25.7 Å². The van der Waals surface area contributed by atoms with Crippen molar-refractivity contribution in [2.45, 2.75) is 32.0 Å². The summed E-state index contributed by atoms with van der Waals surface area (Å²) < 4.78 is 46.8. The molecule has 5 rings (SSSR count). The molecule has 41 heavy (non-hydrogen) atoms. The van der Waals surface area contributed by atoms with Gasteiger partial charge in [0.2, 0.25) is 0 Å². The molecule has 0 bridgehead atoms. The highest BCUT2D eigenvalue weighted by Crippen LogP contribution is 2.33. The lowest BCUT2D eigenvalue weighted by Crippen LogP contribution is -2.39. The summed E-state index contributed by atoms with van der Waals surface area (Å²) in [7, 11) is 0. The third-order valence-corrected chi connectivity index (χ3v) is 7.57. The largest absolute Gasteiger partial charge is 0.457 e. The molecule has 1 fully saturated rings. The minimum Gasteiger partial charge on any atom is -0.457 e. The molecule has 1 saturated heterocycles. The van der Waals surface area contributed by atoms with Gasteiger partial charge in [0.1, 0.15) is 23.0 Å². The molecule has 0 atom stereocenters. The molecule has 0 saturated carbocycles. The number of nitrogen functional groups attached to an aromatic ring is 1. The number of nitrogens with two attached hydrogens (primary N) is 2. The number of hydrogen-bond acceptors (Lipinski definition) is 4. The average molecular weight is 564 g/mol. The Hall–Kier alpha value is -4.31. The molecule has 7 nitrogen and oxygen atoms in total.